The molecule has 0 saturated carbocycles. The first-order chi connectivity index (χ1) is 14.0. The normalized spacial score (nSPS) is 11.3. The third-order valence-corrected chi connectivity index (χ3v) is 6.41. The standard InChI is InChI=1S/C18H18N6O3S2/c1-4-26-17(25)13-9(2)12-14(19)20-11(21-16(12)29-13)8-28-18-23-22-15(24(18)3)10-6-5-7-27-10/h5-7H,4,8H2,1-3H3,(H2,19,20,21). The lowest BCUT2D eigenvalue weighted by Crippen LogP contribution is -2.04. The van der Waals surface area contributed by atoms with Crippen LogP contribution < -0.4 is 5.73 Å². The molecule has 0 radical (unpaired) electrons. The molecule has 0 spiro atoms. The van der Waals surface area contributed by atoms with Crippen LogP contribution in [0, 0.1) is 6.92 Å². The van der Waals surface area contributed by atoms with Gasteiger partial charge >= 0.3 is 5.97 Å². The zero-order valence-corrected chi connectivity index (χ0v) is 17.6. The highest BCUT2D eigenvalue weighted by molar-refractivity contribution is 7.98. The van der Waals surface area contributed by atoms with Crippen LogP contribution >= 0.6 is 23.1 Å². The number of carbonyl (C=O) groups is 1. The van der Waals surface area contributed by atoms with Gasteiger partial charge in [-0.25, -0.2) is 14.8 Å². The molecule has 0 aliphatic carbocycles. The van der Waals surface area contributed by atoms with Crippen molar-refractivity contribution in [2.24, 2.45) is 7.05 Å². The van der Waals surface area contributed by atoms with Gasteiger partial charge in [-0.2, -0.15) is 0 Å². The average molecular weight is 431 g/mol. The molecule has 0 atom stereocenters. The molecule has 0 saturated heterocycles. The highest BCUT2D eigenvalue weighted by atomic mass is 32.2. The van der Waals surface area contributed by atoms with Crippen molar-refractivity contribution in [3.8, 4) is 11.6 Å². The summed E-state index contributed by atoms with van der Waals surface area (Å²) in [6.07, 6.45) is 1.59. The Labute approximate surface area is 174 Å². The number of furan rings is 1. The fraction of sp³-hybridized carbons (Fsp3) is 0.278. The molecule has 4 aromatic heterocycles. The van der Waals surface area contributed by atoms with E-state index in [1.54, 1.807) is 19.3 Å². The molecule has 0 bridgehead atoms. The van der Waals surface area contributed by atoms with Gasteiger partial charge in [0, 0.05) is 7.05 Å². The third kappa shape index (κ3) is 3.58. The molecule has 150 valence electrons. The molecule has 0 amide bonds. The van der Waals surface area contributed by atoms with Gasteiger partial charge < -0.3 is 19.5 Å². The number of ether oxygens (including phenoxy) is 1. The Kier molecular flexibility index (Phi) is 5.24. The Morgan fingerprint density at radius 3 is 2.93 bits per heavy atom. The molecule has 2 N–H and O–H groups in total. The van der Waals surface area contributed by atoms with Crippen LogP contribution in [0.1, 0.15) is 28.0 Å². The van der Waals surface area contributed by atoms with Gasteiger partial charge in [0.25, 0.3) is 0 Å². The molecular weight excluding hydrogens is 412 g/mol. The van der Waals surface area contributed by atoms with Crippen molar-refractivity contribution in [1.82, 2.24) is 24.7 Å². The number of esters is 1. The van der Waals surface area contributed by atoms with E-state index in [4.69, 9.17) is 14.9 Å². The lowest BCUT2D eigenvalue weighted by atomic mass is 10.2. The average Bonchev–Trinajstić information content (AvgIpc) is 3.40. The summed E-state index contributed by atoms with van der Waals surface area (Å²) in [7, 11) is 1.87. The summed E-state index contributed by atoms with van der Waals surface area (Å²) in [5.74, 6) is 2.28. The zero-order valence-electron chi connectivity index (χ0n) is 16.0. The van der Waals surface area contributed by atoms with Gasteiger partial charge in [0.1, 0.15) is 21.3 Å². The minimum absolute atomic E-state index is 0.313. The number of nitrogens with two attached hydrogens (primary N) is 1. The predicted molar refractivity (Wildman–Crippen MR) is 111 cm³/mol. The summed E-state index contributed by atoms with van der Waals surface area (Å²) in [5.41, 5.74) is 6.91. The van der Waals surface area contributed by atoms with Gasteiger partial charge in [0.05, 0.1) is 24.0 Å². The van der Waals surface area contributed by atoms with Crippen LogP contribution in [0.15, 0.2) is 28.0 Å². The predicted octanol–water partition coefficient (Wildman–Crippen LogP) is 3.44. The Hall–Kier alpha value is -2.92. The zero-order chi connectivity index (χ0) is 20.5. The van der Waals surface area contributed by atoms with Crippen LogP contribution in [0.5, 0.6) is 0 Å². The summed E-state index contributed by atoms with van der Waals surface area (Å²) < 4.78 is 12.3. The number of carbonyl (C=O) groups excluding carboxylic acids is 1. The topological polar surface area (TPSA) is 122 Å². The number of aromatic nitrogens is 5. The van der Waals surface area contributed by atoms with E-state index in [9.17, 15) is 4.79 Å². The van der Waals surface area contributed by atoms with Crippen molar-refractivity contribution < 1.29 is 13.9 Å². The van der Waals surface area contributed by atoms with Crippen molar-refractivity contribution in [2.75, 3.05) is 12.3 Å². The second kappa shape index (κ2) is 7.84. The van der Waals surface area contributed by atoms with Crippen molar-refractivity contribution in [2.45, 2.75) is 24.8 Å². The lowest BCUT2D eigenvalue weighted by molar-refractivity contribution is 0.0531. The molecule has 0 aliphatic rings. The second-order valence-corrected chi connectivity index (χ2v) is 8.05. The van der Waals surface area contributed by atoms with Gasteiger partial charge in [-0.05, 0) is 31.5 Å². The number of hydrogen-bond donors (Lipinski definition) is 1. The SMILES string of the molecule is CCOC(=O)c1sc2nc(CSc3nnc(-c4ccco4)n3C)nc(N)c2c1C. The smallest absolute Gasteiger partial charge is 0.348 e. The summed E-state index contributed by atoms with van der Waals surface area (Å²) in [6, 6.07) is 3.63. The highest BCUT2D eigenvalue weighted by Crippen LogP contribution is 2.34. The van der Waals surface area contributed by atoms with Gasteiger partial charge in [-0.15, -0.1) is 21.5 Å². The molecule has 29 heavy (non-hydrogen) atoms. The number of nitrogens with zero attached hydrogens (tertiary/aromatic N) is 5. The van der Waals surface area contributed by atoms with Gasteiger partial charge in [-0.1, -0.05) is 11.8 Å². The number of rotatable bonds is 6. The second-order valence-electron chi connectivity index (χ2n) is 6.11. The Bertz CT molecular complexity index is 1180. The number of aryl methyl sites for hydroxylation is 1. The number of hydrogen-bond acceptors (Lipinski definition) is 10. The van der Waals surface area contributed by atoms with Crippen LogP contribution in [-0.2, 0) is 17.5 Å². The maximum absolute atomic E-state index is 12.1. The molecule has 0 fully saturated rings. The molecular formula is C18H18N6O3S2. The number of thiophene rings is 1. The van der Waals surface area contributed by atoms with E-state index in [1.165, 1.54) is 23.1 Å². The van der Waals surface area contributed by atoms with E-state index in [-0.39, 0.29) is 5.97 Å². The minimum Gasteiger partial charge on any atom is -0.462 e. The van der Waals surface area contributed by atoms with E-state index in [1.807, 2.05) is 24.6 Å². The third-order valence-electron chi connectivity index (χ3n) is 4.23. The first-order valence-corrected chi connectivity index (χ1v) is 10.6. The first kappa shape index (κ1) is 19.4. The Balaban J connectivity index is 1.58. The van der Waals surface area contributed by atoms with E-state index in [2.05, 4.69) is 20.2 Å². The Morgan fingerprint density at radius 2 is 2.21 bits per heavy atom. The van der Waals surface area contributed by atoms with E-state index >= 15 is 0 Å². The maximum Gasteiger partial charge on any atom is 0.348 e. The molecule has 0 unspecified atom stereocenters. The summed E-state index contributed by atoms with van der Waals surface area (Å²) in [5, 5.41) is 9.78. The van der Waals surface area contributed by atoms with Crippen molar-refractivity contribution in [3.63, 3.8) is 0 Å². The monoisotopic (exact) mass is 430 g/mol. The lowest BCUT2D eigenvalue weighted by Gasteiger charge is -2.04. The summed E-state index contributed by atoms with van der Waals surface area (Å²) in [6.45, 7) is 3.91. The van der Waals surface area contributed by atoms with E-state index in [0.29, 0.717) is 55.8 Å². The highest BCUT2D eigenvalue weighted by Gasteiger charge is 2.21. The van der Waals surface area contributed by atoms with Crippen LogP contribution in [0.3, 0.4) is 0 Å². The van der Waals surface area contributed by atoms with Gasteiger partial charge in [-0.3, -0.25) is 0 Å². The largest absolute Gasteiger partial charge is 0.462 e. The molecule has 9 nitrogen and oxygen atoms in total. The van der Waals surface area contributed by atoms with Crippen molar-refractivity contribution in [3.05, 3.63) is 34.7 Å². The van der Waals surface area contributed by atoms with Crippen LogP contribution in [0.25, 0.3) is 21.8 Å². The molecule has 4 rings (SSSR count). The number of thioether (sulfide) groups is 1. The molecule has 4 aromatic rings. The fourth-order valence-corrected chi connectivity index (χ4v) is 4.73. The first-order valence-electron chi connectivity index (χ1n) is 8.78. The van der Waals surface area contributed by atoms with Crippen LogP contribution in [0.4, 0.5) is 5.82 Å². The quantitative estimate of drug-likeness (QED) is 0.362. The van der Waals surface area contributed by atoms with Crippen molar-refractivity contribution >= 4 is 45.1 Å². The van der Waals surface area contributed by atoms with Crippen molar-refractivity contribution in [1.29, 1.82) is 0 Å². The van der Waals surface area contributed by atoms with Gasteiger partial charge in [0.15, 0.2) is 16.7 Å². The van der Waals surface area contributed by atoms with E-state index in [0.717, 1.165) is 5.56 Å². The number of fused-ring (bicyclic) bond motifs is 1. The summed E-state index contributed by atoms with van der Waals surface area (Å²) in [4.78, 5) is 22.3. The minimum atomic E-state index is -0.368. The maximum atomic E-state index is 12.1. The van der Waals surface area contributed by atoms with E-state index < -0.39 is 0 Å². The number of anilines is 1. The van der Waals surface area contributed by atoms with Crippen LogP contribution in [0.2, 0.25) is 0 Å². The molecule has 11 heteroatoms. The van der Waals surface area contributed by atoms with Crippen LogP contribution in [-0.4, -0.2) is 37.3 Å². The van der Waals surface area contributed by atoms with Gasteiger partial charge in [0.2, 0.25) is 0 Å². The Morgan fingerprint density at radius 1 is 1.38 bits per heavy atom. The molecule has 4 heterocycles. The number of nitrogen functional groups attached to an aromatic ring is 1. The fourth-order valence-electron chi connectivity index (χ4n) is 2.86. The molecule has 0 aromatic carbocycles. The summed E-state index contributed by atoms with van der Waals surface area (Å²) >= 11 is 2.71. The molecule has 0 aliphatic heterocycles.